The summed E-state index contributed by atoms with van der Waals surface area (Å²) in [5.74, 6) is 0.814. The van der Waals surface area contributed by atoms with E-state index in [9.17, 15) is 0 Å². The lowest BCUT2D eigenvalue weighted by Crippen LogP contribution is -2.55. The molecule has 1 saturated carbocycles. The fourth-order valence-electron chi connectivity index (χ4n) is 3.25. The smallest absolute Gasteiger partial charge is 0.0674 e. The minimum atomic E-state index is 0.410. The number of hydrogen-bond acceptors (Lipinski definition) is 2. The minimum absolute atomic E-state index is 0.410. The van der Waals surface area contributed by atoms with E-state index in [0.717, 1.165) is 11.2 Å². The van der Waals surface area contributed by atoms with Gasteiger partial charge >= 0.3 is 0 Å². The van der Waals surface area contributed by atoms with Crippen LogP contribution < -0.4 is 5.32 Å². The maximum absolute atomic E-state index is 3.82. The summed E-state index contributed by atoms with van der Waals surface area (Å²) < 4.78 is 0. The molecule has 2 aliphatic rings. The summed E-state index contributed by atoms with van der Waals surface area (Å²) in [5, 5.41) is 4.66. The second-order valence-corrected chi connectivity index (χ2v) is 8.07. The molecular weight excluding hydrogens is 202 g/mol. The molecule has 3 unspecified atom stereocenters. The van der Waals surface area contributed by atoms with E-state index in [4.69, 9.17) is 0 Å². The van der Waals surface area contributed by atoms with Crippen LogP contribution in [0.3, 0.4) is 0 Å². The molecule has 1 N–H and O–H groups in total. The van der Waals surface area contributed by atoms with Gasteiger partial charge in [0.15, 0.2) is 0 Å². The lowest BCUT2D eigenvalue weighted by molar-refractivity contribution is 0.127. The Morgan fingerprint density at radius 3 is 2.53 bits per heavy atom. The van der Waals surface area contributed by atoms with Crippen LogP contribution >= 0.6 is 11.8 Å². The second-order valence-electron chi connectivity index (χ2n) is 6.30. The molecule has 88 valence electrons. The van der Waals surface area contributed by atoms with Crippen LogP contribution in [0.15, 0.2) is 0 Å². The van der Waals surface area contributed by atoms with Crippen molar-refractivity contribution in [3.05, 3.63) is 0 Å². The molecule has 1 saturated heterocycles. The molecule has 0 aromatic carbocycles. The maximum Gasteiger partial charge on any atom is 0.0674 e. The van der Waals surface area contributed by atoms with Crippen molar-refractivity contribution in [3.63, 3.8) is 0 Å². The molecule has 1 heterocycles. The van der Waals surface area contributed by atoms with Gasteiger partial charge in [-0.1, -0.05) is 27.7 Å². The number of rotatable bonds is 0. The maximum atomic E-state index is 3.82. The largest absolute Gasteiger partial charge is 0.303 e. The Morgan fingerprint density at radius 1 is 1.20 bits per heavy atom. The summed E-state index contributed by atoms with van der Waals surface area (Å²) in [6, 6.07) is 0. The average molecular weight is 227 g/mol. The monoisotopic (exact) mass is 227 g/mol. The Morgan fingerprint density at radius 2 is 1.93 bits per heavy atom. The van der Waals surface area contributed by atoms with Crippen molar-refractivity contribution < 1.29 is 0 Å². The molecule has 2 rings (SSSR count). The van der Waals surface area contributed by atoms with E-state index < -0.39 is 0 Å². The lowest BCUT2D eigenvalue weighted by Gasteiger charge is -2.51. The van der Waals surface area contributed by atoms with E-state index >= 15 is 0 Å². The second kappa shape index (κ2) is 3.96. The van der Waals surface area contributed by atoms with Crippen LogP contribution in [0.5, 0.6) is 0 Å². The highest BCUT2D eigenvalue weighted by Gasteiger charge is 2.46. The third kappa shape index (κ3) is 2.36. The first-order valence-electron chi connectivity index (χ1n) is 6.36. The fourth-order valence-corrected chi connectivity index (χ4v) is 4.93. The van der Waals surface area contributed by atoms with Gasteiger partial charge < -0.3 is 5.32 Å². The van der Waals surface area contributed by atoms with E-state index in [2.05, 4.69) is 44.8 Å². The summed E-state index contributed by atoms with van der Waals surface area (Å²) >= 11 is 2.21. The molecule has 2 fully saturated rings. The van der Waals surface area contributed by atoms with E-state index in [-0.39, 0.29) is 0 Å². The van der Waals surface area contributed by atoms with Crippen molar-refractivity contribution >= 4 is 11.8 Å². The predicted octanol–water partition coefficient (Wildman–Crippen LogP) is 3.64. The average Bonchev–Trinajstić information content (AvgIpc) is 2.12. The van der Waals surface area contributed by atoms with Gasteiger partial charge in [-0.05, 0) is 43.6 Å². The third-order valence-corrected chi connectivity index (χ3v) is 6.02. The molecule has 0 aromatic heterocycles. The van der Waals surface area contributed by atoms with Gasteiger partial charge in [-0.25, -0.2) is 0 Å². The van der Waals surface area contributed by atoms with Crippen molar-refractivity contribution in [3.8, 4) is 0 Å². The fraction of sp³-hybridized carbons (Fsp3) is 1.00. The number of nitrogens with one attached hydrogen (secondary N) is 1. The van der Waals surface area contributed by atoms with Gasteiger partial charge in [-0.2, -0.15) is 0 Å². The van der Waals surface area contributed by atoms with E-state index in [1.165, 1.54) is 32.2 Å². The van der Waals surface area contributed by atoms with Gasteiger partial charge in [-0.3, -0.25) is 0 Å². The van der Waals surface area contributed by atoms with E-state index in [1.807, 2.05) is 0 Å². The zero-order chi connectivity index (χ0) is 11.1. The van der Waals surface area contributed by atoms with Crippen molar-refractivity contribution in [2.24, 2.45) is 11.3 Å². The van der Waals surface area contributed by atoms with E-state index in [0.29, 0.717) is 10.3 Å². The first-order valence-corrected chi connectivity index (χ1v) is 7.24. The Kier molecular flexibility index (Phi) is 3.11. The molecule has 2 heteroatoms. The molecule has 0 amide bonds. The summed E-state index contributed by atoms with van der Waals surface area (Å²) in [6.45, 7) is 10.9. The first-order chi connectivity index (χ1) is 6.94. The van der Waals surface area contributed by atoms with Crippen molar-refractivity contribution in [1.82, 2.24) is 5.32 Å². The zero-order valence-corrected chi connectivity index (χ0v) is 11.4. The Labute approximate surface area is 98.8 Å². The van der Waals surface area contributed by atoms with Gasteiger partial charge in [0.05, 0.1) is 4.87 Å². The number of thioether (sulfide) groups is 1. The molecule has 1 aliphatic carbocycles. The highest BCUT2D eigenvalue weighted by Crippen LogP contribution is 2.51. The molecule has 3 atom stereocenters. The van der Waals surface area contributed by atoms with Crippen LogP contribution in [-0.2, 0) is 0 Å². The molecule has 15 heavy (non-hydrogen) atoms. The van der Waals surface area contributed by atoms with Crippen molar-refractivity contribution in [1.29, 1.82) is 0 Å². The minimum Gasteiger partial charge on any atom is -0.303 e. The van der Waals surface area contributed by atoms with Crippen molar-refractivity contribution in [2.75, 3.05) is 6.54 Å². The van der Waals surface area contributed by atoms with Gasteiger partial charge in [0.25, 0.3) is 0 Å². The first kappa shape index (κ1) is 11.8. The van der Waals surface area contributed by atoms with Crippen LogP contribution in [-0.4, -0.2) is 16.7 Å². The molecule has 1 aliphatic heterocycles. The zero-order valence-electron chi connectivity index (χ0n) is 10.6. The summed E-state index contributed by atoms with van der Waals surface area (Å²) in [4.78, 5) is 0.410. The standard InChI is InChI=1S/C13H25NS/c1-10-9-12(3,4)6-7-13(10)14-8-5-11(2)15-13/h10-11,14H,5-9H2,1-4H3. The third-order valence-electron chi connectivity index (χ3n) is 4.21. The Balaban J connectivity index is 2.09. The highest BCUT2D eigenvalue weighted by molar-refractivity contribution is 8.01. The van der Waals surface area contributed by atoms with Gasteiger partial charge in [0, 0.05) is 5.25 Å². The van der Waals surface area contributed by atoms with Crippen LogP contribution in [0, 0.1) is 11.3 Å². The Hall–Kier alpha value is 0.310. The van der Waals surface area contributed by atoms with Crippen LogP contribution in [0.25, 0.3) is 0 Å². The molecule has 1 spiro atoms. The summed E-state index contributed by atoms with van der Waals surface area (Å²) in [6.07, 6.45) is 5.45. The van der Waals surface area contributed by atoms with Gasteiger partial charge in [-0.15, -0.1) is 11.8 Å². The summed E-state index contributed by atoms with van der Waals surface area (Å²) in [5.41, 5.74) is 0.563. The molecule has 0 radical (unpaired) electrons. The molecule has 0 bridgehead atoms. The predicted molar refractivity (Wildman–Crippen MR) is 69.2 cm³/mol. The van der Waals surface area contributed by atoms with Crippen LogP contribution in [0.2, 0.25) is 0 Å². The molecule has 1 nitrogen and oxygen atoms in total. The lowest BCUT2D eigenvalue weighted by atomic mass is 9.70. The quantitative estimate of drug-likeness (QED) is 0.678. The Bertz CT molecular complexity index is 239. The van der Waals surface area contributed by atoms with Crippen molar-refractivity contribution in [2.45, 2.75) is 63.5 Å². The highest BCUT2D eigenvalue weighted by atomic mass is 32.2. The normalized spacial score (nSPS) is 45.6. The molecular formula is C13H25NS. The van der Waals surface area contributed by atoms with E-state index in [1.54, 1.807) is 0 Å². The van der Waals surface area contributed by atoms with Gasteiger partial charge in [0.2, 0.25) is 0 Å². The topological polar surface area (TPSA) is 12.0 Å². The van der Waals surface area contributed by atoms with Crippen LogP contribution in [0.1, 0.15) is 53.4 Å². The summed E-state index contributed by atoms with van der Waals surface area (Å²) in [7, 11) is 0. The number of hydrogen-bond donors (Lipinski definition) is 1. The molecule has 0 aromatic rings. The van der Waals surface area contributed by atoms with Gasteiger partial charge in [0.1, 0.15) is 0 Å². The SMILES string of the molecule is CC1CCNC2(CCC(C)(C)CC2C)S1. The van der Waals surface area contributed by atoms with Crippen LogP contribution in [0.4, 0.5) is 0 Å².